The van der Waals surface area contributed by atoms with Crippen molar-refractivity contribution in [2.24, 2.45) is 11.3 Å². The van der Waals surface area contributed by atoms with Crippen LogP contribution in [0.15, 0.2) is 11.0 Å². The van der Waals surface area contributed by atoms with Gasteiger partial charge in [-0.1, -0.05) is 12.8 Å². The molecule has 0 aromatic carbocycles. The van der Waals surface area contributed by atoms with Crippen molar-refractivity contribution >= 4 is 17.7 Å². The van der Waals surface area contributed by atoms with Gasteiger partial charge in [0.25, 0.3) is 5.91 Å². The Morgan fingerprint density at radius 1 is 1.24 bits per heavy atom. The maximum atomic E-state index is 13.2. The Hall–Kier alpha value is -0.990. The van der Waals surface area contributed by atoms with Gasteiger partial charge in [0.15, 0.2) is 0 Å². The molecule has 3 fully saturated rings. The third-order valence-corrected chi connectivity index (χ3v) is 8.15. The Bertz CT molecular complexity index is 589. The number of amides is 1. The van der Waals surface area contributed by atoms with E-state index in [0.29, 0.717) is 19.3 Å². The summed E-state index contributed by atoms with van der Waals surface area (Å²) in [5, 5.41) is 12.1. The molecule has 1 aliphatic carbocycles. The average molecular weight is 361 g/mol. The number of hydrogen-bond donors (Lipinski definition) is 0. The third kappa shape index (κ3) is 3.24. The Morgan fingerprint density at radius 2 is 2.00 bits per heavy atom. The monoisotopic (exact) mass is 360 g/mol. The molecule has 0 aromatic heterocycles. The van der Waals surface area contributed by atoms with Gasteiger partial charge in [-0.3, -0.25) is 4.79 Å². The predicted molar refractivity (Wildman–Crippen MR) is 98.9 cm³/mol. The van der Waals surface area contributed by atoms with Crippen molar-refractivity contribution in [2.75, 3.05) is 19.8 Å². The second-order valence-electron chi connectivity index (χ2n) is 8.10. The minimum absolute atomic E-state index is 0.215. The highest BCUT2D eigenvalue weighted by atomic mass is 32.2. The summed E-state index contributed by atoms with van der Waals surface area (Å²) in [4.78, 5) is 15.4. The lowest BCUT2D eigenvalue weighted by Gasteiger charge is -2.44. The molecule has 0 N–H and O–H groups in total. The summed E-state index contributed by atoms with van der Waals surface area (Å²) in [6, 6.07) is 3.05. The first-order chi connectivity index (χ1) is 12.2. The Balaban J connectivity index is 1.44. The van der Waals surface area contributed by atoms with Crippen LogP contribution in [0.1, 0.15) is 57.8 Å². The molecule has 0 aromatic rings. The van der Waals surface area contributed by atoms with Crippen LogP contribution in [-0.2, 0) is 9.53 Å². The number of ether oxygens (including phenoxy) is 1. The molecule has 1 saturated carbocycles. The van der Waals surface area contributed by atoms with Crippen LogP contribution in [0.5, 0.6) is 0 Å². The fourth-order valence-electron chi connectivity index (χ4n) is 5.23. The first-order valence-electron chi connectivity index (χ1n) is 9.88. The van der Waals surface area contributed by atoms with Crippen molar-refractivity contribution < 1.29 is 9.53 Å². The average Bonchev–Trinajstić information content (AvgIpc) is 3.18. The zero-order chi connectivity index (χ0) is 17.3. The maximum absolute atomic E-state index is 13.2. The topological polar surface area (TPSA) is 53.3 Å². The van der Waals surface area contributed by atoms with Crippen LogP contribution < -0.4 is 0 Å². The van der Waals surface area contributed by atoms with Crippen molar-refractivity contribution in [3.63, 3.8) is 0 Å². The van der Waals surface area contributed by atoms with E-state index < -0.39 is 0 Å². The van der Waals surface area contributed by atoms with E-state index in [1.54, 1.807) is 11.8 Å². The summed E-state index contributed by atoms with van der Waals surface area (Å²) < 4.78 is 5.46. The summed E-state index contributed by atoms with van der Waals surface area (Å²) in [5.41, 5.74) is 0.624. The van der Waals surface area contributed by atoms with Crippen LogP contribution in [0.3, 0.4) is 0 Å². The molecule has 136 valence electrons. The molecule has 4 aliphatic rings. The molecule has 1 amide bonds. The fourth-order valence-corrected chi connectivity index (χ4v) is 6.58. The zero-order valence-electron chi connectivity index (χ0n) is 14.9. The number of thioether (sulfide) groups is 1. The van der Waals surface area contributed by atoms with E-state index >= 15 is 0 Å². The standard InChI is InChI=1S/C20H28N2O2S/c21-14-20(7-10-24-11-8-20)18-12-16(13-25-18)19(23)22-9-3-5-15-4-1-2-6-17(15)22/h13,15,17-18H,1-12H2. The van der Waals surface area contributed by atoms with Crippen molar-refractivity contribution in [1.29, 1.82) is 5.26 Å². The number of nitriles is 1. The molecule has 4 rings (SSSR count). The van der Waals surface area contributed by atoms with Gasteiger partial charge >= 0.3 is 0 Å². The third-order valence-electron chi connectivity index (χ3n) is 6.78. The van der Waals surface area contributed by atoms with Gasteiger partial charge in [0.1, 0.15) is 0 Å². The number of hydrogen-bond acceptors (Lipinski definition) is 4. The summed E-state index contributed by atoms with van der Waals surface area (Å²) >= 11 is 1.71. The molecule has 5 heteroatoms. The van der Waals surface area contributed by atoms with Gasteiger partial charge in [-0.15, -0.1) is 11.8 Å². The molecule has 3 heterocycles. The lowest BCUT2D eigenvalue weighted by atomic mass is 9.76. The van der Waals surface area contributed by atoms with Crippen LogP contribution >= 0.6 is 11.8 Å². The van der Waals surface area contributed by atoms with E-state index in [-0.39, 0.29) is 16.6 Å². The Labute approximate surface area is 155 Å². The molecule has 4 nitrogen and oxygen atoms in total. The van der Waals surface area contributed by atoms with Crippen molar-refractivity contribution in [2.45, 2.75) is 69.1 Å². The summed E-state index contributed by atoms with van der Waals surface area (Å²) in [5.74, 6) is 0.976. The number of nitrogens with zero attached hydrogens (tertiary/aromatic N) is 2. The van der Waals surface area contributed by atoms with Gasteiger partial charge in [0.2, 0.25) is 0 Å². The maximum Gasteiger partial charge on any atom is 0.250 e. The molecule has 0 radical (unpaired) electrons. The van der Waals surface area contributed by atoms with E-state index in [2.05, 4.69) is 16.4 Å². The van der Waals surface area contributed by atoms with Gasteiger partial charge in [-0.05, 0) is 56.3 Å². The second kappa shape index (κ2) is 7.32. The van der Waals surface area contributed by atoms with Crippen LogP contribution in [0.2, 0.25) is 0 Å². The van der Waals surface area contributed by atoms with E-state index in [0.717, 1.165) is 43.7 Å². The van der Waals surface area contributed by atoms with Crippen molar-refractivity contribution in [3.8, 4) is 6.07 Å². The van der Waals surface area contributed by atoms with Gasteiger partial charge < -0.3 is 9.64 Å². The first kappa shape index (κ1) is 17.4. The lowest BCUT2D eigenvalue weighted by Crippen LogP contribution is -2.50. The molecule has 25 heavy (non-hydrogen) atoms. The van der Waals surface area contributed by atoms with Crippen LogP contribution in [-0.4, -0.2) is 41.9 Å². The highest BCUT2D eigenvalue weighted by Crippen LogP contribution is 2.47. The minimum Gasteiger partial charge on any atom is -0.381 e. The lowest BCUT2D eigenvalue weighted by molar-refractivity contribution is -0.133. The zero-order valence-corrected chi connectivity index (χ0v) is 15.7. The summed E-state index contributed by atoms with van der Waals surface area (Å²) in [6.07, 6.45) is 9.86. The molecular formula is C20H28N2O2S. The number of piperidine rings is 1. The molecule has 3 unspecified atom stereocenters. The minimum atomic E-state index is -0.323. The largest absolute Gasteiger partial charge is 0.381 e. The normalized spacial score (nSPS) is 34.8. The van der Waals surface area contributed by atoms with E-state index in [4.69, 9.17) is 4.74 Å². The van der Waals surface area contributed by atoms with Crippen molar-refractivity contribution in [1.82, 2.24) is 4.90 Å². The van der Waals surface area contributed by atoms with Crippen LogP contribution in [0, 0.1) is 22.7 Å². The molecule has 2 saturated heterocycles. The van der Waals surface area contributed by atoms with E-state index in [1.807, 2.05) is 0 Å². The van der Waals surface area contributed by atoms with Crippen molar-refractivity contribution in [3.05, 3.63) is 11.0 Å². The van der Waals surface area contributed by atoms with E-state index in [1.165, 1.54) is 32.1 Å². The first-order valence-corrected chi connectivity index (χ1v) is 10.8. The predicted octanol–water partition coefficient (Wildman–Crippen LogP) is 3.88. The second-order valence-corrected chi connectivity index (χ2v) is 9.18. The number of carbonyl (C=O) groups excluding carboxylic acids is 1. The number of rotatable bonds is 2. The molecule has 0 bridgehead atoms. The Kier molecular flexibility index (Phi) is 5.11. The number of likely N-dealkylation sites (tertiary alicyclic amines) is 1. The SMILES string of the molecule is N#CC1(C2CC(C(=O)N3CCCC4CCCCC43)=CS2)CCOCC1. The van der Waals surface area contributed by atoms with Gasteiger partial charge in [0.05, 0.1) is 11.5 Å². The number of carbonyl (C=O) groups is 1. The van der Waals surface area contributed by atoms with Gasteiger partial charge in [-0.2, -0.15) is 5.26 Å². The Morgan fingerprint density at radius 3 is 2.80 bits per heavy atom. The summed E-state index contributed by atoms with van der Waals surface area (Å²) in [6.45, 7) is 2.26. The molecule has 3 aliphatic heterocycles. The van der Waals surface area contributed by atoms with Crippen LogP contribution in [0.25, 0.3) is 0 Å². The smallest absolute Gasteiger partial charge is 0.250 e. The quantitative estimate of drug-likeness (QED) is 0.750. The molecule has 0 spiro atoms. The van der Waals surface area contributed by atoms with Gasteiger partial charge in [0, 0.05) is 36.6 Å². The van der Waals surface area contributed by atoms with Crippen LogP contribution in [0.4, 0.5) is 0 Å². The van der Waals surface area contributed by atoms with Gasteiger partial charge in [-0.25, -0.2) is 0 Å². The molecular weight excluding hydrogens is 332 g/mol. The summed E-state index contributed by atoms with van der Waals surface area (Å²) in [7, 11) is 0. The fraction of sp³-hybridized carbons (Fsp3) is 0.800. The highest BCUT2D eigenvalue weighted by Gasteiger charge is 2.45. The molecule has 3 atom stereocenters. The highest BCUT2D eigenvalue weighted by molar-refractivity contribution is 8.03. The van der Waals surface area contributed by atoms with E-state index in [9.17, 15) is 10.1 Å². The number of fused-ring (bicyclic) bond motifs is 1.